The molecule has 3 aliphatic heterocycles. The van der Waals surface area contributed by atoms with E-state index in [9.17, 15) is 9.90 Å². The highest BCUT2D eigenvalue weighted by atomic mass is 16.5. The molecule has 1 amide bonds. The molecule has 1 spiro atoms. The van der Waals surface area contributed by atoms with Crippen molar-refractivity contribution in [1.82, 2.24) is 24.1 Å². The zero-order valence-electron chi connectivity index (χ0n) is 16.2. The lowest BCUT2D eigenvalue weighted by Crippen LogP contribution is -2.38. The van der Waals surface area contributed by atoms with Gasteiger partial charge in [-0.25, -0.2) is 0 Å². The molecular weight excluding hydrogens is 370 g/mol. The predicted molar refractivity (Wildman–Crippen MR) is 104 cm³/mol. The van der Waals surface area contributed by atoms with Crippen LogP contribution in [0.25, 0.3) is 17.2 Å². The quantitative estimate of drug-likeness (QED) is 0.726. The number of nitrogens with zero attached hydrogens (tertiary/aromatic N) is 5. The molecule has 3 aromatic rings. The highest BCUT2D eigenvalue weighted by Gasteiger charge is 2.63. The first-order valence-electron chi connectivity index (χ1n) is 10.1. The third kappa shape index (κ3) is 2.30. The second kappa shape index (κ2) is 5.90. The predicted octanol–water partition coefficient (Wildman–Crippen LogP) is 1.35. The van der Waals surface area contributed by atoms with E-state index >= 15 is 0 Å². The molecule has 0 aliphatic carbocycles. The van der Waals surface area contributed by atoms with Crippen molar-refractivity contribution >= 4 is 11.6 Å². The van der Waals surface area contributed by atoms with Crippen LogP contribution in [0.5, 0.6) is 0 Å². The minimum absolute atomic E-state index is 0.00838. The monoisotopic (exact) mass is 393 g/mol. The van der Waals surface area contributed by atoms with Crippen molar-refractivity contribution in [2.75, 3.05) is 19.7 Å². The maximum absolute atomic E-state index is 13.3. The van der Waals surface area contributed by atoms with Crippen LogP contribution < -0.4 is 0 Å². The first-order chi connectivity index (χ1) is 14.1. The summed E-state index contributed by atoms with van der Waals surface area (Å²) in [6, 6.07) is 7.59. The number of aliphatic hydroxyl groups excluding tert-OH is 1. The average Bonchev–Trinajstić information content (AvgIpc) is 3.52. The first-order valence-corrected chi connectivity index (χ1v) is 10.1. The molecule has 8 heteroatoms. The maximum Gasteiger partial charge on any atom is 0.255 e. The van der Waals surface area contributed by atoms with E-state index in [4.69, 9.17) is 4.74 Å². The Balaban J connectivity index is 1.33. The fourth-order valence-electron chi connectivity index (χ4n) is 5.66. The molecular formula is C21H23N5O3. The van der Waals surface area contributed by atoms with Gasteiger partial charge in [-0.1, -0.05) is 0 Å². The van der Waals surface area contributed by atoms with Gasteiger partial charge in [0.1, 0.15) is 0 Å². The van der Waals surface area contributed by atoms with Crippen molar-refractivity contribution in [2.24, 2.45) is 18.9 Å². The van der Waals surface area contributed by atoms with Crippen LogP contribution in [0.3, 0.4) is 0 Å². The van der Waals surface area contributed by atoms with Crippen LogP contribution in [0.15, 0.2) is 36.7 Å². The Hall–Kier alpha value is -2.71. The smallest absolute Gasteiger partial charge is 0.255 e. The van der Waals surface area contributed by atoms with Crippen LogP contribution in [-0.2, 0) is 11.8 Å². The van der Waals surface area contributed by atoms with E-state index in [1.54, 1.807) is 0 Å². The fraction of sp³-hybridized carbons (Fsp3) is 0.476. The number of ether oxygens (including phenoxy) is 1. The maximum atomic E-state index is 13.3. The standard InChI is InChI=1S/C21H23N5O3/c1-24-8-2-3-16(24)19-23-22-18-5-4-13(9-26(18)19)20(28)25-10-15-14(11-27)17-6-7-21(15,12-25)29-17/h2-5,8-9,14-15,17,27H,6-7,10-12H2,1H3/t14-,15+,17+,21+/m1/s1. The Morgan fingerprint density at radius 1 is 1.34 bits per heavy atom. The topological polar surface area (TPSA) is 84.9 Å². The molecule has 29 heavy (non-hydrogen) atoms. The van der Waals surface area contributed by atoms with Gasteiger partial charge in [0.2, 0.25) is 0 Å². The van der Waals surface area contributed by atoms with Gasteiger partial charge in [0.15, 0.2) is 11.5 Å². The average molecular weight is 393 g/mol. The van der Waals surface area contributed by atoms with Gasteiger partial charge in [0.25, 0.3) is 5.91 Å². The molecule has 3 fully saturated rings. The van der Waals surface area contributed by atoms with Crippen molar-refractivity contribution in [1.29, 1.82) is 0 Å². The second-order valence-corrected chi connectivity index (χ2v) is 8.57. The van der Waals surface area contributed by atoms with Crippen molar-refractivity contribution < 1.29 is 14.6 Å². The molecule has 1 N–H and O–H groups in total. The van der Waals surface area contributed by atoms with Crippen LogP contribution in [0.1, 0.15) is 23.2 Å². The van der Waals surface area contributed by atoms with Crippen molar-refractivity contribution in [3.63, 3.8) is 0 Å². The Labute approximate surface area is 167 Å². The largest absolute Gasteiger partial charge is 0.396 e. The summed E-state index contributed by atoms with van der Waals surface area (Å²) in [7, 11) is 1.96. The highest BCUT2D eigenvalue weighted by Crippen LogP contribution is 2.54. The van der Waals surface area contributed by atoms with Crippen molar-refractivity contribution in [2.45, 2.75) is 24.5 Å². The number of hydrogen-bond acceptors (Lipinski definition) is 5. The fourth-order valence-corrected chi connectivity index (χ4v) is 5.66. The zero-order valence-corrected chi connectivity index (χ0v) is 16.2. The summed E-state index contributed by atoms with van der Waals surface area (Å²) in [6.07, 6.45) is 5.90. The number of amides is 1. The Kier molecular flexibility index (Phi) is 3.49. The molecule has 150 valence electrons. The summed E-state index contributed by atoms with van der Waals surface area (Å²) < 4.78 is 10.1. The van der Waals surface area contributed by atoms with Crippen molar-refractivity contribution in [3.8, 4) is 11.5 Å². The number of carbonyl (C=O) groups is 1. The van der Waals surface area contributed by atoms with Gasteiger partial charge >= 0.3 is 0 Å². The molecule has 3 aliphatic rings. The van der Waals surface area contributed by atoms with E-state index in [2.05, 4.69) is 10.2 Å². The van der Waals surface area contributed by atoms with Gasteiger partial charge < -0.3 is 19.3 Å². The second-order valence-electron chi connectivity index (χ2n) is 8.57. The SMILES string of the molecule is Cn1cccc1-c1nnc2ccc(C(=O)N3C[C@H]4[C@@H](CO)[C@@H]5CC[C@@]4(C3)O5)cn12. The van der Waals surface area contributed by atoms with Gasteiger partial charge in [0, 0.05) is 44.4 Å². The molecule has 3 saturated heterocycles. The molecule has 3 aromatic heterocycles. The van der Waals surface area contributed by atoms with E-state index in [1.807, 2.05) is 57.6 Å². The van der Waals surface area contributed by atoms with Gasteiger partial charge in [-0.05, 0) is 37.1 Å². The summed E-state index contributed by atoms with van der Waals surface area (Å²) in [5.41, 5.74) is 1.99. The Bertz CT molecular complexity index is 1120. The van der Waals surface area contributed by atoms with Crippen LogP contribution >= 0.6 is 0 Å². The minimum Gasteiger partial charge on any atom is -0.396 e. The molecule has 8 nitrogen and oxygen atoms in total. The summed E-state index contributed by atoms with van der Waals surface area (Å²) >= 11 is 0. The van der Waals surface area contributed by atoms with Gasteiger partial charge in [-0.3, -0.25) is 9.20 Å². The van der Waals surface area contributed by atoms with Crippen LogP contribution in [-0.4, -0.2) is 66.5 Å². The molecule has 0 aromatic carbocycles. The van der Waals surface area contributed by atoms with Gasteiger partial charge in [0.05, 0.1) is 29.5 Å². The van der Waals surface area contributed by atoms with E-state index in [0.717, 1.165) is 18.5 Å². The number of rotatable bonds is 3. The molecule has 0 unspecified atom stereocenters. The molecule has 0 saturated carbocycles. The van der Waals surface area contributed by atoms with E-state index in [0.29, 0.717) is 30.1 Å². The lowest BCUT2D eigenvalue weighted by molar-refractivity contribution is 0.00154. The molecule has 6 heterocycles. The number of aryl methyl sites for hydroxylation is 1. The Morgan fingerprint density at radius 2 is 2.24 bits per heavy atom. The van der Waals surface area contributed by atoms with Crippen LogP contribution in [0, 0.1) is 11.8 Å². The minimum atomic E-state index is -0.261. The number of aromatic nitrogens is 4. The first kappa shape index (κ1) is 17.2. The van der Waals surface area contributed by atoms with Crippen LogP contribution in [0.4, 0.5) is 0 Å². The van der Waals surface area contributed by atoms with Gasteiger partial charge in [-0.15, -0.1) is 10.2 Å². The van der Waals surface area contributed by atoms with Crippen LogP contribution in [0.2, 0.25) is 0 Å². The summed E-state index contributed by atoms with van der Waals surface area (Å²) in [6.45, 7) is 1.38. The normalized spacial score (nSPS) is 30.4. The number of pyridine rings is 1. The summed E-state index contributed by atoms with van der Waals surface area (Å²) in [4.78, 5) is 15.2. The number of hydrogen-bond donors (Lipinski definition) is 1. The number of likely N-dealkylation sites (tertiary alicyclic amines) is 1. The van der Waals surface area contributed by atoms with E-state index in [-0.39, 0.29) is 36.1 Å². The van der Waals surface area contributed by atoms with E-state index < -0.39 is 0 Å². The molecule has 6 rings (SSSR count). The number of carbonyl (C=O) groups excluding carboxylic acids is 1. The number of aliphatic hydroxyl groups is 1. The summed E-state index contributed by atoms with van der Waals surface area (Å²) in [5, 5.41) is 18.4. The Morgan fingerprint density at radius 3 is 3.03 bits per heavy atom. The van der Waals surface area contributed by atoms with Crippen molar-refractivity contribution in [3.05, 3.63) is 42.2 Å². The lowest BCUT2D eigenvalue weighted by atomic mass is 9.74. The van der Waals surface area contributed by atoms with Gasteiger partial charge in [-0.2, -0.15) is 0 Å². The number of fused-ring (bicyclic) bond motifs is 2. The molecule has 4 atom stereocenters. The lowest BCUT2D eigenvalue weighted by Gasteiger charge is -2.27. The molecule has 0 radical (unpaired) electrons. The highest BCUT2D eigenvalue weighted by molar-refractivity contribution is 5.94. The zero-order chi connectivity index (χ0) is 19.8. The third-order valence-electron chi connectivity index (χ3n) is 7.10. The van der Waals surface area contributed by atoms with E-state index in [1.165, 1.54) is 0 Å². The molecule has 2 bridgehead atoms. The summed E-state index contributed by atoms with van der Waals surface area (Å²) in [5.74, 6) is 1.07. The third-order valence-corrected chi connectivity index (χ3v) is 7.10.